The third-order valence-corrected chi connectivity index (χ3v) is 5.99. The van der Waals surface area contributed by atoms with Crippen LogP contribution in [0.25, 0.3) is 18.2 Å². The highest BCUT2D eigenvalue weighted by atomic mass is 15.1. The predicted octanol–water partition coefficient (Wildman–Crippen LogP) is 9.71. The summed E-state index contributed by atoms with van der Waals surface area (Å²) in [4.78, 5) is 2.27. The lowest BCUT2D eigenvalue weighted by atomic mass is 10.1. The Morgan fingerprint density at radius 3 is 1.28 bits per heavy atom. The van der Waals surface area contributed by atoms with Crippen molar-refractivity contribution in [2.45, 2.75) is 0 Å². The summed E-state index contributed by atoms with van der Waals surface area (Å²) in [5.41, 5.74) is 8.94. The van der Waals surface area contributed by atoms with Gasteiger partial charge in [0.1, 0.15) is 0 Å². The molecular weight excluding hydrogens is 436 g/mol. The minimum Gasteiger partial charge on any atom is -0.356 e. The third-order valence-electron chi connectivity index (χ3n) is 5.99. The van der Waals surface area contributed by atoms with Gasteiger partial charge in [0.05, 0.1) is 0 Å². The van der Waals surface area contributed by atoms with E-state index in [-0.39, 0.29) is 0 Å². The molecule has 0 aliphatic carbocycles. The van der Waals surface area contributed by atoms with Crippen LogP contribution in [-0.4, -0.2) is 0 Å². The Bertz CT molecular complexity index is 1380. The van der Waals surface area contributed by atoms with Gasteiger partial charge in [-0.2, -0.15) is 0 Å². The SMILES string of the molecule is C=Cc1ccc(Nc2ccc(/C=C/c3ccc(N(c4ccccc4)c4ccccc4)cc3)cc2)cc1. The van der Waals surface area contributed by atoms with Crippen LogP contribution >= 0.6 is 0 Å². The van der Waals surface area contributed by atoms with Crippen molar-refractivity contribution in [3.8, 4) is 0 Å². The Hall–Kier alpha value is -4.82. The van der Waals surface area contributed by atoms with E-state index in [0.29, 0.717) is 0 Å². The Labute approximate surface area is 213 Å². The summed E-state index contributed by atoms with van der Waals surface area (Å²) >= 11 is 0. The summed E-state index contributed by atoms with van der Waals surface area (Å²) in [6.07, 6.45) is 6.14. The molecule has 0 bridgehead atoms. The minimum absolute atomic E-state index is 1.06. The molecule has 0 aliphatic rings. The average molecular weight is 465 g/mol. The predicted molar refractivity (Wildman–Crippen MR) is 156 cm³/mol. The molecular formula is C34H28N2. The lowest BCUT2D eigenvalue weighted by molar-refractivity contribution is 1.28. The maximum atomic E-state index is 3.80. The van der Waals surface area contributed by atoms with Gasteiger partial charge in [-0.05, 0) is 77.4 Å². The van der Waals surface area contributed by atoms with Crippen LogP contribution in [0.3, 0.4) is 0 Å². The van der Waals surface area contributed by atoms with Gasteiger partial charge in [-0.25, -0.2) is 0 Å². The minimum atomic E-state index is 1.06. The van der Waals surface area contributed by atoms with E-state index < -0.39 is 0 Å². The molecule has 2 nitrogen and oxygen atoms in total. The zero-order valence-corrected chi connectivity index (χ0v) is 20.1. The second kappa shape index (κ2) is 11.1. The van der Waals surface area contributed by atoms with Crippen molar-refractivity contribution in [1.29, 1.82) is 0 Å². The van der Waals surface area contributed by atoms with Gasteiger partial charge in [0.25, 0.3) is 0 Å². The number of nitrogens with zero attached hydrogens (tertiary/aromatic N) is 1. The second-order valence-corrected chi connectivity index (χ2v) is 8.50. The number of hydrogen-bond donors (Lipinski definition) is 1. The number of anilines is 5. The molecule has 0 saturated heterocycles. The molecule has 5 rings (SSSR count). The molecule has 0 aromatic heterocycles. The molecule has 0 saturated carbocycles. The summed E-state index contributed by atoms with van der Waals surface area (Å²) in [7, 11) is 0. The number of benzene rings is 5. The van der Waals surface area contributed by atoms with Gasteiger partial charge in [0.2, 0.25) is 0 Å². The van der Waals surface area contributed by atoms with Crippen molar-refractivity contribution < 1.29 is 0 Å². The molecule has 5 aromatic carbocycles. The topological polar surface area (TPSA) is 15.3 Å². The standard InChI is InChI=1S/C34H28N2/c1-2-27-15-21-30(22-16-27)35-31-23-17-28(18-24-31)13-14-29-19-25-34(26-20-29)36(32-9-5-3-6-10-32)33-11-7-4-8-12-33/h2-26,35H,1H2/b14-13+. The van der Waals surface area contributed by atoms with E-state index in [0.717, 1.165) is 45.1 Å². The summed E-state index contributed by atoms with van der Waals surface area (Å²) in [5.74, 6) is 0. The van der Waals surface area contributed by atoms with Crippen molar-refractivity contribution in [3.05, 3.63) is 157 Å². The fourth-order valence-electron chi connectivity index (χ4n) is 4.08. The summed E-state index contributed by atoms with van der Waals surface area (Å²) < 4.78 is 0. The molecule has 0 fully saturated rings. The zero-order chi connectivity index (χ0) is 24.6. The summed E-state index contributed by atoms with van der Waals surface area (Å²) in [6.45, 7) is 3.80. The number of rotatable bonds is 8. The highest BCUT2D eigenvalue weighted by molar-refractivity contribution is 5.78. The smallest absolute Gasteiger partial charge is 0.0462 e. The first-order valence-corrected chi connectivity index (χ1v) is 12.1. The highest BCUT2D eigenvalue weighted by Crippen LogP contribution is 2.34. The van der Waals surface area contributed by atoms with Crippen molar-refractivity contribution in [1.82, 2.24) is 0 Å². The molecule has 0 unspecified atom stereocenters. The van der Waals surface area contributed by atoms with Crippen molar-refractivity contribution in [3.63, 3.8) is 0 Å². The lowest BCUT2D eigenvalue weighted by Crippen LogP contribution is -2.09. The van der Waals surface area contributed by atoms with Crippen LogP contribution < -0.4 is 10.2 Å². The highest BCUT2D eigenvalue weighted by Gasteiger charge is 2.11. The average Bonchev–Trinajstić information content (AvgIpc) is 2.95. The van der Waals surface area contributed by atoms with Crippen molar-refractivity contribution in [2.75, 3.05) is 10.2 Å². The van der Waals surface area contributed by atoms with Crippen LogP contribution in [0.4, 0.5) is 28.4 Å². The van der Waals surface area contributed by atoms with E-state index in [9.17, 15) is 0 Å². The van der Waals surface area contributed by atoms with Gasteiger partial charge in [0, 0.05) is 28.4 Å². The first kappa shape index (κ1) is 22.9. The van der Waals surface area contributed by atoms with E-state index in [1.807, 2.05) is 18.2 Å². The zero-order valence-electron chi connectivity index (χ0n) is 20.1. The van der Waals surface area contributed by atoms with Crippen molar-refractivity contribution >= 4 is 46.7 Å². The quantitative estimate of drug-likeness (QED) is 0.230. The van der Waals surface area contributed by atoms with Crippen LogP contribution in [-0.2, 0) is 0 Å². The fraction of sp³-hybridized carbons (Fsp3) is 0. The van der Waals surface area contributed by atoms with Crippen LogP contribution in [0, 0.1) is 0 Å². The molecule has 36 heavy (non-hydrogen) atoms. The first-order chi connectivity index (χ1) is 17.8. The van der Waals surface area contributed by atoms with Crippen molar-refractivity contribution in [2.24, 2.45) is 0 Å². The largest absolute Gasteiger partial charge is 0.356 e. The van der Waals surface area contributed by atoms with Crippen LogP contribution in [0.2, 0.25) is 0 Å². The third kappa shape index (κ3) is 5.63. The molecule has 0 spiro atoms. The van der Waals surface area contributed by atoms with E-state index >= 15 is 0 Å². The van der Waals surface area contributed by atoms with E-state index in [2.05, 4.69) is 150 Å². The molecule has 0 aliphatic heterocycles. The van der Waals surface area contributed by atoms with Gasteiger partial charge in [-0.15, -0.1) is 0 Å². The molecule has 5 aromatic rings. The maximum absolute atomic E-state index is 3.80. The Kier molecular flexibility index (Phi) is 7.06. The number of nitrogens with one attached hydrogen (secondary N) is 1. The monoisotopic (exact) mass is 464 g/mol. The molecule has 0 heterocycles. The van der Waals surface area contributed by atoms with Gasteiger partial charge in [-0.3, -0.25) is 0 Å². The Balaban J connectivity index is 1.29. The number of para-hydroxylation sites is 2. The summed E-state index contributed by atoms with van der Waals surface area (Å²) in [5, 5.41) is 3.44. The fourth-order valence-corrected chi connectivity index (χ4v) is 4.08. The molecule has 0 atom stereocenters. The summed E-state index contributed by atoms with van der Waals surface area (Å²) in [6, 6.07) is 46.2. The van der Waals surface area contributed by atoms with E-state index in [1.54, 1.807) is 0 Å². The molecule has 0 radical (unpaired) electrons. The number of hydrogen-bond acceptors (Lipinski definition) is 2. The molecule has 174 valence electrons. The van der Waals surface area contributed by atoms with Crippen LogP contribution in [0.15, 0.2) is 140 Å². The molecule has 1 N–H and O–H groups in total. The van der Waals surface area contributed by atoms with Gasteiger partial charge < -0.3 is 10.2 Å². The lowest BCUT2D eigenvalue weighted by Gasteiger charge is -2.25. The van der Waals surface area contributed by atoms with E-state index in [1.165, 1.54) is 0 Å². The molecule has 0 amide bonds. The maximum Gasteiger partial charge on any atom is 0.0462 e. The Morgan fingerprint density at radius 1 is 0.444 bits per heavy atom. The van der Waals surface area contributed by atoms with E-state index in [4.69, 9.17) is 0 Å². The van der Waals surface area contributed by atoms with Crippen LogP contribution in [0.1, 0.15) is 16.7 Å². The van der Waals surface area contributed by atoms with Gasteiger partial charge in [0.15, 0.2) is 0 Å². The second-order valence-electron chi connectivity index (χ2n) is 8.50. The van der Waals surface area contributed by atoms with Crippen LogP contribution in [0.5, 0.6) is 0 Å². The molecule has 2 heteroatoms. The van der Waals surface area contributed by atoms with Gasteiger partial charge in [-0.1, -0.05) is 97.6 Å². The normalized spacial score (nSPS) is 10.8. The Morgan fingerprint density at radius 2 is 0.833 bits per heavy atom. The first-order valence-electron chi connectivity index (χ1n) is 12.1. The van der Waals surface area contributed by atoms with Gasteiger partial charge >= 0.3 is 0 Å².